The van der Waals surface area contributed by atoms with Crippen LogP contribution in [0.5, 0.6) is 17.2 Å². The second kappa shape index (κ2) is 12.7. The van der Waals surface area contributed by atoms with Crippen LogP contribution in [0.1, 0.15) is 82.9 Å². The summed E-state index contributed by atoms with van der Waals surface area (Å²) in [7, 11) is 0. The van der Waals surface area contributed by atoms with Crippen LogP contribution in [0.25, 0.3) is 0 Å². The van der Waals surface area contributed by atoms with Gasteiger partial charge in [0.25, 0.3) is 0 Å². The zero-order valence-electron chi connectivity index (χ0n) is 27.3. The molecule has 7 heteroatoms. The molecule has 1 heterocycles. The topological polar surface area (TPSA) is 73.9 Å². The summed E-state index contributed by atoms with van der Waals surface area (Å²) in [5.74, 6) is 1.66. The van der Waals surface area contributed by atoms with Crippen LogP contribution in [-0.4, -0.2) is 18.2 Å². The van der Waals surface area contributed by atoms with Gasteiger partial charge in [-0.3, -0.25) is 9.59 Å². The van der Waals surface area contributed by atoms with Crippen LogP contribution in [0.15, 0.2) is 93.7 Å². The fraction of sp³-hybridized carbons (Fsp3) is 0.385. The lowest BCUT2D eigenvalue weighted by molar-refractivity contribution is -0.119. The van der Waals surface area contributed by atoms with E-state index in [0.29, 0.717) is 54.5 Å². The first-order valence-corrected chi connectivity index (χ1v) is 16.9. The maximum absolute atomic E-state index is 13.9. The van der Waals surface area contributed by atoms with Crippen molar-refractivity contribution >= 4 is 27.5 Å². The van der Waals surface area contributed by atoms with Crippen molar-refractivity contribution in [2.24, 2.45) is 10.8 Å². The van der Waals surface area contributed by atoms with Crippen LogP contribution in [0.4, 0.5) is 0 Å². The van der Waals surface area contributed by atoms with E-state index in [9.17, 15) is 9.59 Å². The number of hydrogen-bond acceptors (Lipinski definition) is 6. The number of hydrogen-bond donors (Lipinski definition) is 1. The van der Waals surface area contributed by atoms with E-state index in [1.807, 2.05) is 73.7 Å². The van der Waals surface area contributed by atoms with Crippen LogP contribution in [0.2, 0.25) is 0 Å². The number of ether oxygens (including phenoxy) is 3. The van der Waals surface area contributed by atoms with Crippen molar-refractivity contribution in [3.05, 3.63) is 110 Å². The van der Waals surface area contributed by atoms with Crippen LogP contribution < -0.4 is 19.5 Å². The normalized spacial score (nSPS) is 18.9. The third kappa shape index (κ3) is 6.80. The highest BCUT2D eigenvalue weighted by Crippen LogP contribution is 2.52. The molecular formula is C39H42BrNO5. The summed E-state index contributed by atoms with van der Waals surface area (Å²) < 4.78 is 19.5. The number of allylic oxidation sites excluding steroid dienone is 4. The molecule has 3 aliphatic rings. The Morgan fingerprint density at radius 1 is 0.696 bits per heavy atom. The summed E-state index contributed by atoms with van der Waals surface area (Å²) in [6.45, 7) is 11.7. The average Bonchev–Trinajstić information content (AvgIpc) is 2.98. The van der Waals surface area contributed by atoms with Gasteiger partial charge in [-0.05, 0) is 72.1 Å². The predicted molar refractivity (Wildman–Crippen MR) is 183 cm³/mol. The Kier molecular flexibility index (Phi) is 8.90. The molecule has 0 fully saturated rings. The van der Waals surface area contributed by atoms with Crippen molar-refractivity contribution in [2.45, 2.75) is 79.4 Å². The smallest absolute Gasteiger partial charge is 0.162 e. The SMILES string of the molecule is CCOc1cc(COc2ccc(Br)cc2C2C3=C(CC(C)(C)CC3=O)NC3=C2C(=O)CC(C)(C)C3)ccc1OCc1ccccc1. The minimum absolute atomic E-state index is 0.0892. The van der Waals surface area contributed by atoms with Gasteiger partial charge in [-0.15, -0.1) is 0 Å². The summed E-state index contributed by atoms with van der Waals surface area (Å²) in [6, 6.07) is 21.8. The molecular weight excluding hydrogens is 642 g/mol. The molecule has 240 valence electrons. The molecule has 0 spiro atoms. The summed E-state index contributed by atoms with van der Waals surface area (Å²) in [5, 5.41) is 3.60. The van der Waals surface area contributed by atoms with Crippen LogP contribution >= 0.6 is 15.9 Å². The summed E-state index contributed by atoms with van der Waals surface area (Å²) in [6.07, 6.45) is 2.38. The van der Waals surface area contributed by atoms with E-state index in [2.05, 4.69) is 48.9 Å². The molecule has 3 aromatic carbocycles. The first-order valence-electron chi connectivity index (χ1n) is 16.1. The molecule has 0 unspecified atom stereocenters. The lowest BCUT2D eigenvalue weighted by Gasteiger charge is -2.44. The van der Waals surface area contributed by atoms with E-state index in [4.69, 9.17) is 14.2 Å². The largest absolute Gasteiger partial charge is 0.490 e. The number of carbonyl (C=O) groups excluding carboxylic acids is 2. The van der Waals surface area contributed by atoms with Crippen molar-refractivity contribution in [1.82, 2.24) is 5.32 Å². The Hall–Kier alpha value is -3.84. The monoisotopic (exact) mass is 683 g/mol. The van der Waals surface area contributed by atoms with Crippen molar-refractivity contribution in [3.63, 3.8) is 0 Å². The maximum atomic E-state index is 13.9. The Labute approximate surface area is 280 Å². The van der Waals surface area contributed by atoms with Gasteiger partial charge in [0.2, 0.25) is 0 Å². The van der Waals surface area contributed by atoms with Gasteiger partial charge in [-0.1, -0.05) is 80.0 Å². The second-order valence-corrected chi connectivity index (χ2v) is 15.1. The highest BCUT2D eigenvalue weighted by atomic mass is 79.9. The van der Waals surface area contributed by atoms with Crippen molar-refractivity contribution in [3.8, 4) is 17.2 Å². The first kappa shape index (κ1) is 32.1. The molecule has 1 N–H and O–H groups in total. The van der Waals surface area contributed by atoms with Crippen molar-refractivity contribution in [1.29, 1.82) is 0 Å². The van der Waals surface area contributed by atoms with Gasteiger partial charge in [-0.25, -0.2) is 0 Å². The average molecular weight is 685 g/mol. The molecule has 0 radical (unpaired) electrons. The molecule has 2 aliphatic carbocycles. The van der Waals surface area contributed by atoms with Gasteiger partial charge < -0.3 is 19.5 Å². The van der Waals surface area contributed by atoms with Crippen LogP contribution in [-0.2, 0) is 22.8 Å². The van der Waals surface area contributed by atoms with Gasteiger partial charge in [-0.2, -0.15) is 0 Å². The van der Waals surface area contributed by atoms with Crippen molar-refractivity contribution in [2.75, 3.05) is 6.61 Å². The zero-order chi connectivity index (χ0) is 32.6. The summed E-state index contributed by atoms with van der Waals surface area (Å²) >= 11 is 3.66. The van der Waals surface area contributed by atoms with Crippen LogP contribution in [0.3, 0.4) is 0 Å². The standard InChI is InChI=1S/C39H42BrNO5/c1-6-44-34-16-25(12-14-33(34)46-22-24-10-8-7-9-11-24)23-45-32-15-13-26(40)17-27(32)35-36-28(18-38(2,3)20-30(36)42)41-29-19-39(4,5)21-31(43)37(29)35/h7-17,35,41H,6,18-23H2,1-5H3. The summed E-state index contributed by atoms with van der Waals surface area (Å²) in [4.78, 5) is 27.8. The molecule has 1 aliphatic heterocycles. The number of Topliss-reactive ketones (excluding diaryl/α,β-unsaturated/α-hetero) is 2. The van der Waals surface area contributed by atoms with E-state index >= 15 is 0 Å². The van der Waals surface area contributed by atoms with E-state index in [0.717, 1.165) is 45.4 Å². The molecule has 0 bridgehead atoms. The van der Waals surface area contributed by atoms with E-state index in [-0.39, 0.29) is 29.0 Å². The van der Waals surface area contributed by atoms with Crippen LogP contribution in [0, 0.1) is 10.8 Å². The number of dihydropyridines is 1. The molecule has 46 heavy (non-hydrogen) atoms. The third-order valence-corrected chi connectivity index (χ3v) is 9.43. The lowest BCUT2D eigenvalue weighted by atomic mass is 9.64. The van der Waals surface area contributed by atoms with Crippen molar-refractivity contribution < 1.29 is 23.8 Å². The third-order valence-electron chi connectivity index (χ3n) is 8.94. The molecule has 0 aromatic heterocycles. The molecule has 0 amide bonds. The number of nitrogens with one attached hydrogen (secondary N) is 1. The van der Waals surface area contributed by atoms with Gasteiger partial charge in [0.05, 0.1) is 6.61 Å². The molecule has 3 aromatic rings. The highest BCUT2D eigenvalue weighted by Gasteiger charge is 2.47. The minimum Gasteiger partial charge on any atom is -0.490 e. The number of carbonyl (C=O) groups is 2. The summed E-state index contributed by atoms with van der Waals surface area (Å²) in [5.41, 5.74) is 5.78. The van der Waals surface area contributed by atoms with E-state index in [1.54, 1.807) is 0 Å². The molecule has 0 saturated heterocycles. The number of ketones is 2. The Morgan fingerprint density at radius 3 is 1.91 bits per heavy atom. The first-order chi connectivity index (χ1) is 21.9. The number of benzene rings is 3. The quantitative estimate of drug-likeness (QED) is 0.243. The second-order valence-electron chi connectivity index (χ2n) is 14.2. The van der Waals surface area contributed by atoms with E-state index in [1.165, 1.54) is 0 Å². The lowest BCUT2D eigenvalue weighted by Crippen LogP contribution is -2.42. The molecule has 6 rings (SSSR count). The Morgan fingerprint density at radius 2 is 1.28 bits per heavy atom. The van der Waals surface area contributed by atoms with Gasteiger partial charge in [0, 0.05) is 51.3 Å². The minimum atomic E-state index is -0.487. The highest BCUT2D eigenvalue weighted by molar-refractivity contribution is 9.10. The Bertz CT molecular complexity index is 1680. The molecule has 0 atom stereocenters. The fourth-order valence-corrected chi connectivity index (χ4v) is 7.38. The maximum Gasteiger partial charge on any atom is 0.162 e. The fourth-order valence-electron chi connectivity index (χ4n) is 7.00. The van der Waals surface area contributed by atoms with Gasteiger partial charge in [0.15, 0.2) is 23.1 Å². The molecule has 0 saturated carbocycles. The zero-order valence-corrected chi connectivity index (χ0v) is 28.9. The van der Waals surface area contributed by atoms with Gasteiger partial charge in [0.1, 0.15) is 19.0 Å². The van der Waals surface area contributed by atoms with Gasteiger partial charge >= 0.3 is 0 Å². The predicted octanol–water partition coefficient (Wildman–Crippen LogP) is 8.98. The Balaban J connectivity index is 1.33. The molecule has 6 nitrogen and oxygen atoms in total. The van der Waals surface area contributed by atoms with E-state index < -0.39 is 5.92 Å². The number of halogens is 1. The number of rotatable bonds is 9.